The summed E-state index contributed by atoms with van der Waals surface area (Å²) in [6.07, 6.45) is 1.12. The van der Waals surface area contributed by atoms with Crippen LogP contribution in [0.2, 0.25) is 16.8 Å². The summed E-state index contributed by atoms with van der Waals surface area (Å²) >= 11 is -1.99. The van der Waals surface area contributed by atoms with E-state index in [2.05, 4.69) is 60.0 Å². The van der Waals surface area contributed by atoms with Crippen molar-refractivity contribution in [3.8, 4) is 11.5 Å². The molecule has 0 N–H and O–H groups in total. The van der Waals surface area contributed by atoms with Crippen LogP contribution in [-0.4, -0.2) is 40.2 Å². The van der Waals surface area contributed by atoms with E-state index in [9.17, 15) is 0 Å². The van der Waals surface area contributed by atoms with Gasteiger partial charge in [-0.2, -0.15) is 0 Å². The van der Waals surface area contributed by atoms with Crippen molar-refractivity contribution in [2.75, 3.05) is 26.9 Å². The van der Waals surface area contributed by atoms with E-state index in [1.165, 1.54) is 15.2 Å². The second kappa shape index (κ2) is 9.88. The van der Waals surface area contributed by atoms with E-state index in [0.29, 0.717) is 13.2 Å². The molecule has 0 aromatic heterocycles. The standard InChI is InChI=1S/C21H30GeO3/c1-5-24-16-17-25-21-10-6-18(7-11-21)14-15-22(2,3)19-8-12-20(23-4)13-9-19/h6-13H,5,14-17H2,1-4H3. The summed E-state index contributed by atoms with van der Waals surface area (Å²) in [5.41, 5.74) is 1.38. The van der Waals surface area contributed by atoms with Gasteiger partial charge in [0.25, 0.3) is 0 Å². The molecule has 0 aliphatic rings. The molecule has 4 heteroatoms. The molecule has 0 amide bonds. The number of methoxy groups -OCH3 is 1. The predicted molar refractivity (Wildman–Crippen MR) is 107 cm³/mol. The Morgan fingerprint density at radius 3 is 2.08 bits per heavy atom. The Bertz CT molecular complexity index is 621. The monoisotopic (exact) mass is 404 g/mol. The third-order valence-electron chi connectivity index (χ3n) is 4.53. The van der Waals surface area contributed by atoms with Crippen molar-refractivity contribution in [2.24, 2.45) is 0 Å². The van der Waals surface area contributed by atoms with Crippen LogP contribution >= 0.6 is 0 Å². The first kappa shape index (κ1) is 19.9. The van der Waals surface area contributed by atoms with Gasteiger partial charge in [0.05, 0.1) is 0 Å². The minimum absolute atomic E-state index is 0.604. The molecule has 3 nitrogen and oxygen atoms in total. The van der Waals surface area contributed by atoms with Crippen molar-refractivity contribution >= 4 is 17.7 Å². The first-order chi connectivity index (χ1) is 12.0. The van der Waals surface area contributed by atoms with E-state index in [4.69, 9.17) is 14.2 Å². The third-order valence-corrected chi connectivity index (χ3v) is 11.7. The summed E-state index contributed by atoms with van der Waals surface area (Å²) in [4.78, 5) is 0. The summed E-state index contributed by atoms with van der Waals surface area (Å²) in [6.45, 7) is 3.97. The Kier molecular flexibility index (Phi) is 7.85. The summed E-state index contributed by atoms with van der Waals surface area (Å²) in [5, 5.41) is 1.27. The van der Waals surface area contributed by atoms with Crippen molar-refractivity contribution in [3.05, 3.63) is 54.1 Å². The quantitative estimate of drug-likeness (QED) is 0.438. The third kappa shape index (κ3) is 6.40. The number of aryl methyl sites for hydroxylation is 1. The summed E-state index contributed by atoms with van der Waals surface area (Å²) in [5.74, 6) is 6.81. The molecule has 0 aliphatic heterocycles. The van der Waals surface area contributed by atoms with Crippen LogP contribution in [0.25, 0.3) is 0 Å². The van der Waals surface area contributed by atoms with Crippen LogP contribution in [0.1, 0.15) is 12.5 Å². The molecule has 0 radical (unpaired) electrons. The van der Waals surface area contributed by atoms with Gasteiger partial charge in [-0.05, 0) is 0 Å². The fourth-order valence-corrected chi connectivity index (χ4v) is 7.52. The maximum atomic E-state index is 5.67. The van der Waals surface area contributed by atoms with Crippen LogP contribution in [0.4, 0.5) is 0 Å². The van der Waals surface area contributed by atoms with Gasteiger partial charge in [-0.1, -0.05) is 0 Å². The molecule has 0 heterocycles. The molecule has 0 spiro atoms. The number of hydrogen-bond acceptors (Lipinski definition) is 3. The molecule has 0 saturated heterocycles. The Balaban J connectivity index is 1.86. The first-order valence-corrected chi connectivity index (χ1v) is 15.7. The normalized spacial score (nSPS) is 11.4. The molecule has 0 atom stereocenters. The second-order valence-corrected chi connectivity index (χ2v) is 17.0. The maximum absolute atomic E-state index is 5.67. The number of rotatable bonds is 10. The van der Waals surface area contributed by atoms with Crippen molar-refractivity contribution in [3.63, 3.8) is 0 Å². The van der Waals surface area contributed by atoms with Crippen molar-refractivity contribution in [1.29, 1.82) is 0 Å². The van der Waals surface area contributed by atoms with Crippen molar-refractivity contribution < 1.29 is 14.2 Å². The Hall–Kier alpha value is -1.46. The molecule has 0 unspecified atom stereocenters. The Morgan fingerprint density at radius 1 is 0.840 bits per heavy atom. The molecule has 0 bridgehead atoms. The number of ether oxygens (including phenoxy) is 3. The average molecular weight is 403 g/mol. The molecule has 2 aromatic carbocycles. The second-order valence-electron chi connectivity index (χ2n) is 6.80. The van der Waals surface area contributed by atoms with Crippen LogP contribution in [-0.2, 0) is 11.2 Å². The molecule has 0 fully saturated rings. The molecule has 2 rings (SSSR count). The van der Waals surface area contributed by atoms with E-state index in [0.717, 1.165) is 24.5 Å². The van der Waals surface area contributed by atoms with Crippen LogP contribution in [0.15, 0.2) is 48.5 Å². The van der Waals surface area contributed by atoms with Crippen LogP contribution < -0.4 is 13.9 Å². The zero-order valence-electron chi connectivity index (χ0n) is 15.9. The van der Waals surface area contributed by atoms with Crippen LogP contribution in [0, 0.1) is 0 Å². The average Bonchev–Trinajstić information content (AvgIpc) is 2.64. The van der Waals surface area contributed by atoms with Crippen LogP contribution in [0.5, 0.6) is 11.5 Å². The first-order valence-electron chi connectivity index (χ1n) is 8.99. The van der Waals surface area contributed by atoms with Gasteiger partial charge in [0.15, 0.2) is 0 Å². The van der Waals surface area contributed by atoms with Gasteiger partial charge in [-0.15, -0.1) is 0 Å². The Morgan fingerprint density at radius 2 is 1.48 bits per heavy atom. The summed E-state index contributed by atoms with van der Waals surface area (Å²) in [7, 11) is 1.71. The van der Waals surface area contributed by atoms with E-state index < -0.39 is 13.3 Å². The molecule has 136 valence electrons. The minimum atomic E-state index is -1.99. The molecular weight excluding hydrogens is 373 g/mol. The van der Waals surface area contributed by atoms with E-state index in [1.807, 2.05) is 6.92 Å². The van der Waals surface area contributed by atoms with Crippen LogP contribution in [0.3, 0.4) is 0 Å². The molecule has 25 heavy (non-hydrogen) atoms. The van der Waals surface area contributed by atoms with Gasteiger partial charge in [0.2, 0.25) is 0 Å². The van der Waals surface area contributed by atoms with Gasteiger partial charge < -0.3 is 0 Å². The predicted octanol–water partition coefficient (Wildman–Crippen LogP) is 4.27. The summed E-state index contributed by atoms with van der Waals surface area (Å²) in [6, 6.07) is 17.1. The number of benzene rings is 2. The van der Waals surface area contributed by atoms with Crippen molar-refractivity contribution in [1.82, 2.24) is 0 Å². The van der Waals surface area contributed by atoms with Gasteiger partial charge in [0, 0.05) is 0 Å². The molecule has 2 aromatic rings. The zero-order chi connectivity index (χ0) is 18.1. The van der Waals surface area contributed by atoms with E-state index in [-0.39, 0.29) is 0 Å². The van der Waals surface area contributed by atoms with E-state index in [1.54, 1.807) is 7.11 Å². The van der Waals surface area contributed by atoms with Gasteiger partial charge in [-0.25, -0.2) is 0 Å². The number of hydrogen-bond donors (Lipinski definition) is 0. The van der Waals surface area contributed by atoms with Gasteiger partial charge in [-0.3, -0.25) is 0 Å². The molecule has 0 saturated carbocycles. The van der Waals surface area contributed by atoms with Gasteiger partial charge in [0.1, 0.15) is 0 Å². The van der Waals surface area contributed by atoms with E-state index >= 15 is 0 Å². The fourth-order valence-electron chi connectivity index (χ4n) is 2.76. The fraction of sp³-hybridized carbons (Fsp3) is 0.429. The molecule has 0 aliphatic carbocycles. The SMILES string of the molecule is CCOCCOc1ccc(C[CH2][Ge]([CH3])([CH3])[c]2ccc(OC)cc2)cc1. The summed E-state index contributed by atoms with van der Waals surface area (Å²) < 4.78 is 17.7. The Labute approximate surface area is 154 Å². The van der Waals surface area contributed by atoms with Crippen molar-refractivity contribution in [2.45, 2.75) is 30.1 Å². The molecular formula is C21H30GeO3. The topological polar surface area (TPSA) is 27.7 Å². The zero-order valence-corrected chi connectivity index (χ0v) is 18.0. The van der Waals surface area contributed by atoms with Gasteiger partial charge >= 0.3 is 155 Å².